The lowest BCUT2D eigenvalue weighted by Gasteiger charge is -2.12. The quantitative estimate of drug-likeness (QED) is 0.670. The summed E-state index contributed by atoms with van der Waals surface area (Å²) in [4.78, 5) is 23.8. The molecule has 0 aliphatic heterocycles. The summed E-state index contributed by atoms with van der Waals surface area (Å²) < 4.78 is 5.81. The van der Waals surface area contributed by atoms with Crippen LogP contribution in [0.2, 0.25) is 5.02 Å². The van der Waals surface area contributed by atoms with Gasteiger partial charge in [0, 0.05) is 16.3 Å². The van der Waals surface area contributed by atoms with Gasteiger partial charge in [-0.25, -0.2) is 0 Å². The first kappa shape index (κ1) is 18.5. The van der Waals surface area contributed by atoms with Crippen LogP contribution in [0.5, 0.6) is 5.75 Å². The number of rotatable bonds is 6. The van der Waals surface area contributed by atoms with Gasteiger partial charge in [-0.1, -0.05) is 41.9 Å². The summed E-state index contributed by atoms with van der Waals surface area (Å²) >= 11 is 6.05. The number of hydrogen-bond acceptors (Lipinski definition) is 3. The van der Waals surface area contributed by atoms with Gasteiger partial charge in [-0.15, -0.1) is 0 Å². The molecule has 5 nitrogen and oxygen atoms in total. The second-order valence-electron chi connectivity index (χ2n) is 5.81. The molecule has 0 saturated carbocycles. The molecule has 27 heavy (non-hydrogen) atoms. The summed E-state index contributed by atoms with van der Waals surface area (Å²) in [6.07, 6.45) is 0. The first-order chi connectivity index (χ1) is 13.0. The van der Waals surface area contributed by atoms with Gasteiger partial charge >= 0.3 is 0 Å². The zero-order valence-electron chi connectivity index (χ0n) is 14.3. The molecule has 3 aromatic rings. The van der Waals surface area contributed by atoms with Crippen LogP contribution in [0, 0.1) is 0 Å². The number of ether oxygens (including phenoxy) is 1. The van der Waals surface area contributed by atoms with E-state index in [4.69, 9.17) is 22.1 Å². The van der Waals surface area contributed by atoms with Crippen LogP contribution in [0.4, 0.5) is 5.69 Å². The van der Waals surface area contributed by atoms with Crippen molar-refractivity contribution in [3.8, 4) is 5.75 Å². The summed E-state index contributed by atoms with van der Waals surface area (Å²) in [5.74, 6) is -0.471. The minimum Gasteiger partial charge on any atom is -0.488 e. The van der Waals surface area contributed by atoms with Gasteiger partial charge in [-0.3, -0.25) is 9.59 Å². The molecule has 0 spiro atoms. The topological polar surface area (TPSA) is 81.4 Å². The highest BCUT2D eigenvalue weighted by Gasteiger charge is 2.14. The Balaban J connectivity index is 1.76. The Labute approximate surface area is 161 Å². The Kier molecular flexibility index (Phi) is 5.74. The van der Waals surface area contributed by atoms with E-state index in [9.17, 15) is 9.59 Å². The van der Waals surface area contributed by atoms with Crippen LogP contribution in [-0.2, 0) is 6.61 Å². The normalized spacial score (nSPS) is 10.3. The number of carbonyl (C=O) groups is 2. The first-order valence-corrected chi connectivity index (χ1v) is 8.58. The molecule has 3 rings (SSSR count). The van der Waals surface area contributed by atoms with Crippen LogP contribution < -0.4 is 15.8 Å². The van der Waals surface area contributed by atoms with E-state index in [0.29, 0.717) is 34.2 Å². The number of amides is 2. The minimum absolute atomic E-state index is 0.317. The fraction of sp³-hybridized carbons (Fsp3) is 0.0476. The van der Waals surface area contributed by atoms with Crippen molar-refractivity contribution in [3.63, 3.8) is 0 Å². The van der Waals surface area contributed by atoms with Crippen LogP contribution in [0.25, 0.3) is 0 Å². The zero-order chi connectivity index (χ0) is 19.2. The Hall–Kier alpha value is -3.31. The van der Waals surface area contributed by atoms with Gasteiger partial charge in [0.1, 0.15) is 12.4 Å². The smallest absolute Gasteiger partial charge is 0.259 e. The molecular formula is C21H17ClN2O3. The van der Waals surface area contributed by atoms with E-state index < -0.39 is 5.91 Å². The number of anilines is 1. The van der Waals surface area contributed by atoms with E-state index in [-0.39, 0.29) is 5.91 Å². The molecule has 0 aliphatic rings. The first-order valence-electron chi connectivity index (χ1n) is 8.20. The Morgan fingerprint density at radius 3 is 2.33 bits per heavy atom. The van der Waals surface area contributed by atoms with E-state index in [0.717, 1.165) is 5.56 Å². The van der Waals surface area contributed by atoms with Crippen molar-refractivity contribution in [2.75, 3.05) is 5.32 Å². The number of hydrogen-bond donors (Lipinski definition) is 2. The number of primary amides is 1. The molecule has 136 valence electrons. The highest BCUT2D eigenvalue weighted by molar-refractivity contribution is 6.31. The van der Waals surface area contributed by atoms with Gasteiger partial charge in [-0.05, 0) is 48.0 Å². The van der Waals surface area contributed by atoms with Crippen LogP contribution in [-0.4, -0.2) is 11.8 Å². The Morgan fingerprint density at radius 1 is 0.963 bits per heavy atom. The molecule has 0 saturated heterocycles. The van der Waals surface area contributed by atoms with Gasteiger partial charge in [0.2, 0.25) is 5.91 Å². The molecule has 3 aromatic carbocycles. The molecule has 0 aliphatic carbocycles. The second-order valence-corrected chi connectivity index (χ2v) is 6.25. The summed E-state index contributed by atoms with van der Waals surface area (Å²) in [7, 11) is 0. The monoisotopic (exact) mass is 380 g/mol. The largest absolute Gasteiger partial charge is 0.488 e. The van der Waals surface area contributed by atoms with Gasteiger partial charge in [0.05, 0.1) is 5.56 Å². The minimum atomic E-state index is -0.528. The lowest BCUT2D eigenvalue weighted by molar-refractivity contribution is 0.0997. The van der Waals surface area contributed by atoms with E-state index in [1.807, 2.05) is 30.3 Å². The highest BCUT2D eigenvalue weighted by Crippen LogP contribution is 2.25. The fourth-order valence-electron chi connectivity index (χ4n) is 2.46. The summed E-state index contributed by atoms with van der Waals surface area (Å²) in [6, 6.07) is 20.8. The predicted molar refractivity (Wildman–Crippen MR) is 105 cm³/mol. The van der Waals surface area contributed by atoms with Crippen molar-refractivity contribution >= 4 is 29.1 Å². The van der Waals surface area contributed by atoms with Crippen molar-refractivity contribution in [3.05, 3.63) is 94.5 Å². The molecule has 0 heterocycles. The zero-order valence-corrected chi connectivity index (χ0v) is 15.1. The van der Waals surface area contributed by atoms with Crippen molar-refractivity contribution in [1.29, 1.82) is 0 Å². The number of nitrogens with two attached hydrogens (primary N) is 1. The van der Waals surface area contributed by atoms with Crippen molar-refractivity contribution in [2.24, 2.45) is 5.73 Å². The van der Waals surface area contributed by atoms with Crippen molar-refractivity contribution in [1.82, 2.24) is 0 Å². The van der Waals surface area contributed by atoms with Crippen molar-refractivity contribution in [2.45, 2.75) is 6.61 Å². The molecule has 0 aromatic heterocycles. The highest BCUT2D eigenvalue weighted by atomic mass is 35.5. The molecule has 0 unspecified atom stereocenters. The Morgan fingerprint density at radius 2 is 1.67 bits per heavy atom. The molecule has 0 radical (unpaired) electrons. The maximum Gasteiger partial charge on any atom is 0.259 e. The molecule has 3 N–H and O–H groups in total. The van der Waals surface area contributed by atoms with Gasteiger partial charge < -0.3 is 15.8 Å². The van der Waals surface area contributed by atoms with E-state index in [1.165, 1.54) is 0 Å². The third kappa shape index (κ3) is 4.86. The Bertz CT molecular complexity index is 957. The summed E-state index contributed by atoms with van der Waals surface area (Å²) in [6.45, 7) is 0.329. The molecule has 0 bridgehead atoms. The standard InChI is InChI=1S/C21H17ClN2O3/c22-16-8-11-19(27-13-14-4-2-1-3-5-14)18(12-16)21(26)24-17-9-6-15(7-10-17)20(23)25/h1-12H,13H2,(H2,23,25)(H,24,26). The molecule has 2 amide bonds. The molecular weight excluding hydrogens is 364 g/mol. The van der Waals surface area contributed by atoms with Crippen LogP contribution in [0.3, 0.4) is 0 Å². The van der Waals surface area contributed by atoms with Gasteiger partial charge in [0.15, 0.2) is 0 Å². The average Bonchev–Trinajstić information content (AvgIpc) is 2.68. The van der Waals surface area contributed by atoms with Crippen molar-refractivity contribution < 1.29 is 14.3 Å². The van der Waals surface area contributed by atoms with Crippen LogP contribution in [0.1, 0.15) is 26.3 Å². The average molecular weight is 381 g/mol. The fourth-order valence-corrected chi connectivity index (χ4v) is 2.63. The van der Waals surface area contributed by atoms with Crippen LogP contribution in [0.15, 0.2) is 72.8 Å². The van der Waals surface area contributed by atoms with E-state index in [1.54, 1.807) is 42.5 Å². The lowest BCUT2D eigenvalue weighted by Crippen LogP contribution is -2.14. The number of benzene rings is 3. The van der Waals surface area contributed by atoms with Crippen LogP contribution >= 0.6 is 11.6 Å². The summed E-state index contributed by atoms with van der Waals surface area (Å²) in [5.41, 5.74) is 7.41. The van der Waals surface area contributed by atoms with E-state index >= 15 is 0 Å². The van der Waals surface area contributed by atoms with Gasteiger partial charge in [-0.2, -0.15) is 0 Å². The maximum absolute atomic E-state index is 12.7. The molecule has 0 fully saturated rings. The third-order valence-corrected chi connectivity index (χ3v) is 4.09. The lowest BCUT2D eigenvalue weighted by atomic mass is 10.1. The number of nitrogens with one attached hydrogen (secondary N) is 1. The molecule has 6 heteroatoms. The SMILES string of the molecule is NC(=O)c1ccc(NC(=O)c2cc(Cl)ccc2OCc2ccccc2)cc1. The summed E-state index contributed by atoms with van der Waals surface area (Å²) in [5, 5.41) is 3.19. The predicted octanol–water partition coefficient (Wildman–Crippen LogP) is 4.27. The maximum atomic E-state index is 12.7. The number of carbonyl (C=O) groups excluding carboxylic acids is 2. The van der Waals surface area contributed by atoms with E-state index in [2.05, 4.69) is 5.32 Å². The second kappa shape index (κ2) is 8.38. The molecule has 0 atom stereocenters. The van der Waals surface area contributed by atoms with Gasteiger partial charge in [0.25, 0.3) is 5.91 Å². The number of halogens is 1. The third-order valence-electron chi connectivity index (χ3n) is 3.85.